The second kappa shape index (κ2) is 9.72. The molecule has 2 aromatic heterocycles. The monoisotopic (exact) mass is 461 g/mol. The van der Waals surface area contributed by atoms with Gasteiger partial charge in [0.2, 0.25) is 0 Å². The van der Waals surface area contributed by atoms with Crippen LogP contribution in [0.15, 0.2) is 54.9 Å². The highest BCUT2D eigenvalue weighted by Crippen LogP contribution is 2.30. The highest BCUT2D eigenvalue weighted by molar-refractivity contribution is 7.22. The van der Waals surface area contributed by atoms with E-state index in [4.69, 9.17) is 14.7 Å². The fourth-order valence-corrected chi connectivity index (χ4v) is 5.14. The van der Waals surface area contributed by atoms with Gasteiger partial charge in [-0.15, -0.1) is 0 Å². The Kier molecular flexibility index (Phi) is 6.37. The van der Waals surface area contributed by atoms with Crippen LogP contribution in [0.3, 0.4) is 0 Å². The molecule has 1 fully saturated rings. The summed E-state index contributed by atoms with van der Waals surface area (Å²) in [6, 6.07) is 14.2. The third kappa shape index (κ3) is 5.07. The molecule has 7 nitrogen and oxygen atoms in total. The summed E-state index contributed by atoms with van der Waals surface area (Å²) in [7, 11) is 1.65. The fourth-order valence-electron chi connectivity index (χ4n) is 4.14. The number of thiazole rings is 1. The largest absolute Gasteiger partial charge is 0.497 e. The van der Waals surface area contributed by atoms with Crippen molar-refractivity contribution in [2.24, 2.45) is 0 Å². The third-order valence-electron chi connectivity index (χ3n) is 5.96. The van der Waals surface area contributed by atoms with E-state index in [1.165, 1.54) is 0 Å². The van der Waals surface area contributed by atoms with Crippen LogP contribution in [0, 0.1) is 0 Å². The first kappa shape index (κ1) is 21.6. The molecule has 1 unspecified atom stereocenters. The molecule has 33 heavy (non-hydrogen) atoms. The molecule has 8 heteroatoms. The summed E-state index contributed by atoms with van der Waals surface area (Å²) in [5.41, 5.74) is 3.86. The minimum absolute atomic E-state index is 0.0934. The second-order valence-electron chi connectivity index (χ2n) is 8.30. The van der Waals surface area contributed by atoms with E-state index >= 15 is 0 Å². The van der Waals surface area contributed by atoms with Gasteiger partial charge in [0.25, 0.3) is 0 Å². The Hall–Kier alpha value is -3.23. The van der Waals surface area contributed by atoms with Gasteiger partial charge in [0.1, 0.15) is 11.6 Å². The summed E-state index contributed by atoms with van der Waals surface area (Å²) >= 11 is 1.63. The van der Waals surface area contributed by atoms with E-state index in [1.807, 2.05) is 30.3 Å². The van der Waals surface area contributed by atoms with Crippen LogP contribution in [-0.2, 0) is 6.54 Å². The highest BCUT2D eigenvalue weighted by Gasteiger charge is 2.23. The van der Waals surface area contributed by atoms with Crippen LogP contribution in [-0.4, -0.2) is 39.3 Å². The molecule has 2 atom stereocenters. The summed E-state index contributed by atoms with van der Waals surface area (Å²) in [6.07, 6.45) is 7.29. The van der Waals surface area contributed by atoms with Crippen molar-refractivity contribution in [3.05, 3.63) is 60.4 Å². The maximum absolute atomic E-state index is 10.2. The van der Waals surface area contributed by atoms with Crippen molar-refractivity contribution in [2.45, 2.75) is 44.4 Å². The zero-order valence-electron chi connectivity index (χ0n) is 18.5. The van der Waals surface area contributed by atoms with Gasteiger partial charge >= 0.3 is 0 Å². The molecule has 0 radical (unpaired) electrons. The summed E-state index contributed by atoms with van der Waals surface area (Å²) in [5, 5.41) is 17.9. The van der Waals surface area contributed by atoms with E-state index in [-0.39, 0.29) is 12.1 Å². The van der Waals surface area contributed by atoms with Crippen molar-refractivity contribution in [1.82, 2.24) is 15.0 Å². The van der Waals surface area contributed by atoms with E-state index in [0.717, 1.165) is 63.6 Å². The Bertz CT molecular complexity index is 1240. The lowest BCUT2D eigenvalue weighted by Gasteiger charge is -2.27. The summed E-state index contributed by atoms with van der Waals surface area (Å²) in [4.78, 5) is 13.7. The maximum atomic E-state index is 10.2. The SMILES string of the molecule is COc1cccc(-c2cncc(NCc3ccc4nc(NC5CCCC[C@H]5O)sc4c3)n2)c1. The summed E-state index contributed by atoms with van der Waals surface area (Å²) in [5.74, 6) is 1.51. The Morgan fingerprint density at radius 1 is 1.09 bits per heavy atom. The van der Waals surface area contributed by atoms with Crippen LogP contribution >= 0.6 is 11.3 Å². The van der Waals surface area contributed by atoms with Gasteiger partial charge in [0.05, 0.1) is 47.6 Å². The molecule has 0 saturated heterocycles. The number of hydrogen-bond donors (Lipinski definition) is 3. The molecule has 2 aromatic carbocycles. The first-order valence-electron chi connectivity index (χ1n) is 11.2. The number of hydrogen-bond acceptors (Lipinski definition) is 8. The Morgan fingerprint density at radius 2 is 2.00 bits per heavy atom. The van der Waals surface area contributed by atoms with Gasteiger partial charge in [-0.25, -0.2) is 9.97 Å². The van der Waals surface area contributed by atoms with Crippen LogP contribution < -0.4 is 15.4 Å². The molecule has 0 aliphatic heterocycles. The summed E-state index contributed by atoms with van der Waals surface area (Å²) in [6.45, 7) is 0.633. The Morgan fingerprint density at radius 3 is 2.88 bits per heavy atom. The van der Waals surface area contributed by atoms with E-state index in [0.29, 0.717) is 12.4 Å². The minimum Gasteiger partial charge on any atom is -0.497 e. The molecule has 170 valence electrons. The quantitative estimate of drug-likeness (QED) is 0.353. The van der Waals surface area contributed by atoms with E-state index in [1.54, 1.807) is 30.8 Å². The molecule has 0 spiro atoms. The van der Waals surface area contributed by atoms with Crippen LogP contribution in [0.2, 0.25) is 0 Å². The van der Waals surface area contributed by atoms with Gasteiger partial charge in [-0.3, -0.25) is 4.98 Å². The average molecular weight is 462 g/mol. The highest BCUT2D eigenvalue weighted by atomic mass is 32.1. The number of methoxy groups -OCH3 is 1. The number of aromatic nitrogens is 3. The number of aliphatic hydroxyl groups is 1. The van der Waals surface area contributed by atoms with Crippen molar-refractivity contribution in [3.63, 3.8) is 0 Å². The predicted octanol–water partition coefficient (Wildman–Crippen LogP) is 5.09. The smallest absolute Gasteiger partial charge is 0.184 e. The molecule has 2 heterocycles. The van der Waals surface area contributed by atoms with Crippen molar-refractivity contribution >= 4 is 32.5 Å². The predicted molar refractivity (Wildman–Crippen MR) is 133 cm³/mol. The van der Waals surface area contributed by atoms with Crippen LogP contribution in [0.4, 0.5) is 10.9 Å². The molecule has 0 amide bonds. The number of fused-ring (bicyclic) bond motifs is 1. The minimum atomic E-state index is -0.292. The average Bonchev–Trinajstić information content (AvgIpc) is 3.26. The Balaban J connectivity index is 1.27. The zero-order chi connectivity index (χ0) is 22.6. The number of benzene rings is 2. The van der Waals surface area contributed by atoms with Gasteiger partial charge in [0, 0.05) is 12.1 Å². The van der Waals surface area contributed by atoms with Crippen LogP contribution in [0.1, 0.15) is 31.2 Å². The maximum Gasteiger partial charge on any atom is 0.184 e. The van der Waals surface area contributed by atoms with Gasteiger partial charge in [-0.05, 0) is 42.7 Å². The van der Waals surface area contributed by atoms with Crippen LogP contribution in [0.25, 0.3) is 21.5 Å². The van der Waals surface area contributed by atoms with Crippen molar-refractivity contribution < 1.29 is 9.84 Å². The molecule has 4 aromatic rings. The molecule has 0 bridgehead atoms. The number of rotatable bonds is 7. The van der Waals surface area contributed by atoms with E-state index < -0.39 is 0 Å². The van der Waals surface area contributed by atoms with Crippen molar-refractivity contribution in [3.8, 4) is 17.0 Å². The molecule has 3 N–H and O–H groups in total. The zero-order valence-corrected chi connectivity index (χ0v) is 19.3. The molecular weight excluding hydrogens is 434 g/mol. The molecule has 1 saturated carbocycles. The van der Waals surface area contributed by atoms with Crippen molar-refractivity contribution in [1.29, 1.82) is 0 Å². The third-order valence-corrected chi connectivity index (χ3v) is 6.91. The summed E-state index contributed by atoms with van der Waals surface area (Å²) < 4.78 is 6.44. The molecular formula is C25H27N5O2S. The number of ether oxygens (including phenoxy) is 1. The first-order valence-corrected chi connectivity index (χ1v) is 12.0. The molecule has 5 rings (SSSR count). The van der Waals surface area contributed by atoms with Gasteiger partial charge in [-0.2, -0.15) is 0 Å². The van der Waals surface area contributed by atoms with Gasteiger partial charge < -0.3 is 20.5 Å². The van der Waals surface area contributed by atoms with Crippen molar-refractivity contribution in [2.75, 3.05) is 17.7 Å². The normalized spacial score (nSPS) is 18.2. The van der Waals surface area contributed by atoms with Gasteiger partial charge in [-0.1, -0.05) is 42.4 Å². The van der Waals surface area contributed by atoms with E-state index in [9.17, 15) is 5.11 Å². The lowest BCUT2D eigenvalue weighted by Crippen LogP contribution is -2.36. The number of nitrogens with one attached hydrogen (secondary N) is 2. The fraction of sp³-hybridized carbons (Fsp3) is 0.320. The number of nitrogens with zero attached hydrogens (tertiary/aromatic N) is 3. The van der Waals surface area contributed by atoms with E-state index in [2.05, 4.69) is 27.8 Å². The lowest BCUT2D eigenvalue weighted by molar-refractivity contribution is 0.116. The first-order chi connectivity index (χ1) is 16.2. The number of anilines is 2. The molecule has 1 aliphatic carbocycles. The Labute approximate surface area is 196 Å². The van der Waals surface area contributed by atoms with Crippen LogP contribution in [0.5, 0.6) is 5.75 Å². The standard InChI is InChI=1S/C25H27N5O2S/c1-32-18-6-4-5-17(12-18)21-14-26-15-24(28-21)27-13-16-9-10-20-23(11-16)33-25(30-20)29-19-7-2-3-8-22(19)31/h4-6,9-12,14-15,19,22,31H,2-3,7-8,13H2,1H3,(H,27,28)(H,29,30)/t19?,22-/m1/s1. The lowest BCUT2D eigenvalue weighted by atomic mass is 9.93. The molecule has 1 aliphatic rings. The number of aliphatic hydroxyl groups excluding tert-OH is 1. The van der Waals surface area contributed by atoms with Gasteiger partial charge in [0.15, 0.2) is 5.13 Å². The topological polar surface area (TPSA) is 92.2 Å². The second-order valence-corrected chi connectivity index (χ2v) is 9.33.